The van der Waals surface area contributed by atoms with Crippen LogP contribution in [0.25, 0.3) is 0 Å². The number of ether oxygens (including phenoxy) is 2. The van der Waals surface area contributed by atoms with E-state index >= 15 is 0 Å². The van der Waals surface area contributed by atoms with Crippen molar-refractivity contribution < 1.29 is 23.9 Å². The van der Waals surface area contributed by atoms with Crippen molar-refractivity contribution in [2.75, 3.05) is 20.3 Å². The first kappa shape index (κ1) is 19.9. The number of nitrogens with one attached hydrogen (secondary N) is 1. The van der Waals surface area contributed by atoms with Crippen LogP contribution >= 0.6 is 0 Å². The molecule has 2 unspecified atom stereocenters. The first-order valence-electron chi connectivity index (χ1n) is 9.61. The molecule has 1 fully saturated rings. The average molecular weight is 386 g/mol. The number of imide groups is 1. The molecule has 150 valence electrons. The smallest absolute Gasteiger partial charge is 0.240 e. The molecule has 1 aromatic rings. The largest absolute Gasteiger partial charge is 0.493 e. The number of benzene rings is 1. The monoisotopic (exact) mass is 386 g/mol. The lowest BCUT2D eigenvalue weighted by Crippen LogP contribution is -2.40. The zero-order valence-corrected chi connectivity index (χ0v) is 16.3. The molecule has 1 aliphatic carbocycles. The van der Waals surface area contributed by atoms with Crippen molar-refractivity contribution in [3.8, 4) is 11.5 Å². The predicted octanol–water partition coefficient (Wildman–Crippen LogP) is 2.05. The number of methoxy groups -OCH3 is 1. The predicted molar refractivity (Wildman–Crippen MR) is 103 cm³/mol. The maximum Gasteiger partial charge on any atom is 0.240 e. The summed E-state index contributed by atoms with van der Waals surface area (Å²) in [6, 6.07) is 5.46. The second kappa shape index (κ2) is 8.91. The average Bonchev–Trinajstić information content (AvgIpc) is 2.96. The summed E-state index contributed by atoms with van der Waals surface area (Å²) in [6.07, 6.45) is 5.89. The quantitative estimate of drug-likeness (QED) is 0.546. The number of fused-ring (bicyclic) bond motifs is 1. The van der Waals surface area contributed by atoms with Crippen LogP contribution in [-0.2, 0) is 20.9 Å². The van der Waals surface area contributed by atoms with Gasteiger partial charge in [-0.05, 0) is 37.0 Å². The van der Waals surface area contributed by atoms with Crippen molar-refractivity contribution in [3.05, 3.63) is 35.9 Å². The highest BCUT2D eigenvalue weighted by Gasteiger charge is 2.47. The minimum Gasteiger partial charge on any atom is -0.493 e. The highest BCUT2D eigenvalue weighted by atomic mass is 16.5. The minimum absolute atomic E-state index is 0.237. The van der Waals surface area contributed by atoms with Crippen molar-refractivity contribution in [2.45, 2.75) is 32.7 Å². The van der Waals surface area contributed by atoms with E-state index in [0.717, 1.165) is 16.9 Å². The van der Waals surface area contributed by atoms with E-state index in [-0.39, 0.29) is 42.6 Å². The Morgan fingerprint density at radius 2 is 1.82 bits per heavy atom. The van der Waals surface area contributed by atoms with Gasteiger partial charge in [0.25, 0.3) is 0 Å². The highest BCUT2D eigenvalue weighted by Crippen LogP contribution is 2.34. The molecule has 7 nitrogen and oxygen atoms in total. The molecule has 0 saturated carbocycles. The minimum atomic E-state index is -0.362. The molecule has 28 heavy (non-hydrogen) atoms. The number of amides is 3. The molecular weight excluding hydrogens is 360 g/mol. The summed E-state index contributed by atoms with van der Waals surface area (Å²) in [5, 5.41) is 2.77. The van der Waals surface area contributed by atoms with E-state index in [0.29, 0.717) is 30.9 Å². The molecule has 1 N–H and O–H groups in total. The molecule has 1 saturated heterocycles. The Labute approximate surface area is 164 Å². The summed E-state index contributed by atoms with van der Waals surface area (Å²) in [6.45, 7) is 2.66. The zero-order chi connectivity index (χ0) is 20.1. The molecule has 2 atom stereocenters. The van der Waals surface area contributed by atoms with Gasteiger partial charge in [0.05, 0.1) is 25.6 Å². The lowest BCUT2D eigenvalue weighted by Gasteiger charge is -2.15. The second-order valence-corrected chi connectivity index (χ2v) is 7.03. The molecule has 0 radical (unpaired) electrons. The fourth-order valence-corrected chi connectivity index (χ4v) is 3.58. The van der Waals surface area contributed by atoms with Crippen LogP contribution in [-0.4, -0.2) is 42.9 Å². The third-order valence-corrected chi connectivity index (χ3v) is 5.08. The van der Waals surface area contributed by atoms with Crippen LogP contribution in [0, 0.1) is 11.8 Å². The van der Waals surface area contributed by atoms with E-state index in [1.165, 1.54) is 0 Å². The van der Waals surface area contributed by atoms with Gasteiger partial charge in [0.15, 0.2) is 11.5 Å². The maximum absolute atomic E-state index is 12.4. The molecular formula is C21H26N2O5. The van der Waals surface area contributed by atoms with Gasteiger partial charge in [0.2, 0.25) is 17.7 Å². The van der Waals surface area contributed by atoms with Gasteiger partial charge in [-0.3, -0.25) is 19.3 Å². The van der Waals surface area contributed by atoms with Crippen LogP contribution in [0.1, 0.15) is 31.7 Å². The van der Waals surface area contributed by atoms with E-state index in [2.05, 4.69) is 5.32 Å². The van der Waals surface area contributed by atoms with Gasteiger partial charge < -0.3 is 14.8 Å². The molecule has 0 bridgehead atoms. The van der Waals surface area contributed by atoms with Crippen molar-refractivity contribution in [2.24, 2.45) is 11.8 Å². The highest BCUT2D eigenvalue weighted by molar-refractivity contribution is 6.07. The topological polar surface area (TPSA) is 84.9 Å². The van der Waals surface area contributed by atoms with Gasteiger partial charge in [-0.2, -0.15) is 0 Å². The maximum atomic E-state index is 12.4. The van der Waals surface area contributed by atoms with Crippen molar-refractivity contribution >= 4 is 17.7 Å². The summed E-state index contributed by atoms with van der Waals surface area (Å²) >= 11 is 0. The Kier molecular flexibility index (Phi) is 6.34. The van der Waals surface area contributed by atoms with E-state index in [1.807, 2.05) is 25.1 Å². The first-order valence-corrected chi connectivity index (χ1v) is 9.61. The molecule has 2 aliphatic rings. The van der Waals surface area contributed by atoms with E-state index in [4.69, 9.17) is 9.47 Å². The lowest BCUT2D eigenvalue weighted by molar-refractivity contribution is -0.143. The number of likely N-dealkylation sites (tertiary alicyclic amines) is 1. The van der Waals surface area contributed by atoms with Gasteiger partial charge in [0.1, 0.15) is 6.54 Å². The van der Waals surface area contributed by atoms with E-state index in [9.17, 15) is 14.4 Å². The first-order chi connectivity index (χ1) is 13.5. The number of carbonyl (C=O) groups is 3. The van der Waals surface area contributed by atoms with Gasteiger partial charge in [0, 0.05) is 6.54 Å². The molecule has 0 aromatic heterocycles. The third kappa shape index (κ3) is 4.18. The van der Waals surface area contributed by atoms with Crippen molar-refractivity contribution in [1.82, 2.24) is 10.2 Å². The number of hydrogen-bond donors (Lipinski definition) is 1. The molecule has 3 rings (SSSR count). The van der Waals surface area contributed by atoms with Crippen LogP contribution in [0.4, 0.5) is 0 Å². The summed E-state index contributed by atoms with van der Waals surface area (Å²) in [5.41, 5.74) is 0.839. The van der Waals surface area contributed by atoms with Crippen LogP contribution in [0.3, 0.4) is 0 Å². The number of nitrogens with zero attached hydrogens (tertiary/aromatic N) is 1. The van der Waals surface area contributed by atoms with Gasteiger partial charge >= 0.3 is 0 Å². The van der Waals surface area contributed by atoms with E-state index < -0.39 is 0 Å². The molecule has 7 heteroatoms. The second-order valence-electron chi connectivity index (χ2n) is 7.03. The Morgan fingerprint density at radius 1 is 1.14 bits per heavy atom. The normalized spacial score (nSPS) is 20.9. The number of hydrogen-bond acceptors (Lipinski definition) is 5. The van der Waals surface area contributed by atoms with Gasteiger partial charge in [-0.15, -0.1) is 0 Å². The number of carbonyl (C=O) groups excluding carboxylic acids is 3. The standard InChI is InChI=1S/C21H26N2O5/c1-3-10-28-17-9-8-14(11-18(17)27-2)12-22-19(24)13-23-20(25)15-6-4-5-7-16(15)21(23)26/h4-5,8-9,11,15-16H,3,6-7,10,12-13H2,1-2H3,(H,22,24). The molecule has 0 spiro atoms. The van der Waals surface area contributed by atoms with Crippen LogP contribution in [0.2, 0.25) is 0 Å². The lowest BCUT2D eigenvalue weighted by atomic mass is 9.85. The van der Waals surface area contributed by atoms with Gasteiger partial charge in [-0.1, -0.05) is 25.1 Å². The van der Waals surface area contributed by atoms with Gasteiger partial charge in [-0.25, -0.2) is 0 Å². The fraction of sp³-hybridized carbons (Fsp3) is 0.476. The molecule has 1 aliphatic heterocycles. The number of allylic oxidation sites excluding steroid dienone is 2. The Morgan fingerprint density at radius 3 is 2.43 bits per heavy atom. The SMILES string of the molecule is CCCOc1ccc(CNC(=O)CN2C(=O)C3CC=CCC3C2=O)cc1OC. The summed E-state index contributed by atoms with van der Waals surface area (Å²) < 4.78 is 11.0. The summed E-state index contributed by atoms with van der Waals surface area (Å²) in [5.74, 6) is -0.221. The van der Waals surface area contributed by atoms with Crippen molar-refractivity contribution in [3.63, 3.8) is 0 Å². The molecule has 3 amide bonds. The fourth-order valence-electron chi connectivity index (χ4n) is 3.58. The Hall–Kier alpha value is -2.83. The zero-order valence-electron chi connectivity index (χ0n) is 16.3. The third-order valence-electron chi connectivity index (χ3n) is 5.08. The van der Waals surface area contributed by atoms with Crippen LogP contribution in [0.5, 0.6) is 11.5 Å². The Bertz CT molecular complexity index is 763. The summed E-state index contributed by atoms with van der Waals surface area (Å²) in [7, 11) is 1.56. The molecule has 1 aromatic carbocycles. The number of rotatable bonds is 8. The van der Waals surface area contributed by atoms with E-state index in [1.54, 1.807) is 19.2 Å². The molecule has 1 heterocycles. The Balaban J connectivity index is 1.56. The van der Waals surface area contributed by atoms with Crippen LogP contribution in [0.15, 0.2) is 30.4 Å². The summed E-state index contributed by atoms with van der Waals surface area (Å²) in [4.78, 5) is 38.3. The van der Waals surface area contributed by atoms with Crippen LogP contribution < -0.4 is 14.8 Å². The van der Waals surface area contributed by atoms with Crippen molar-refractivity contribution in [1.29, 1.82) is 0 Å².